The van der Waals surface area contributed by atoms with Crippen molar-refractivity contribution in [2.24, 2.45) is 22.9 Å². The number of ether oxygens (including phenoxy) is 5. The lowest BCUT2D eigenvalue weighted by atomic mass is 9.55. The zero-order chi connectivity index (χ0) is 41.8. The Kier molecular flexibility index (Phi) is 15.2. The van der Waals surface area contributed by atoms with Crippen molar-refractivity contribution in [3.63, 3.8) is 0 Å². The molecule has 0 radical (unpaired) electrons. The standard InChI is InChI=1S/C47H58N2O10/c1-5-22-49(46(53)55-4)43-29-40(48-57-31-32-14-8-7-9-15-32)38-27-33(16-10-12-23-50)37(17-11-13-24-51)44-39-28-36(58-35-18-20-41(54-3)34(26-35)30-52)19-21-42(39)59-47(43,45(38)44)56-25-6-2/h6-9,14-15,18-21,26-28,30,33,37,43-45,50-51H,2,5,10-13,16-17,22-25,29,31H2,1,3-4H3. The minimum absolute atomic E-state index is 0.0317. The van der Waals surface area contributed by atoms with Gasteiger partial charge in [-0.2, -0.15) is 0 Å². The highest BCUT2D eigenvalue weighted by Gasteiger charge is 2.65. The first-order chi connectivity index (χ1) is 28.9. The molecular formula is C47H58N2O10. The number of aliphatic hydroxyl groups is 2. The molecule has 6 unspecified atom stereocenters. The van der Waals surface area contributed by atoms with Gasteiger partial charge in [0.05, 0.1) is 38.0 Å². The number of carbonyl (C=O) groups is 2. The summed E-state index contributed by atoms with van der Waals surface area (Å²) in [5, 5.41) is 24.7. The number of aliphatic hydroxyl groups excluding tert-OH is 2. The van der Waals surface area contributed by atoms with E-state index >= 15 is 0 Å². The molecule has 2 aliphatic carbocycles. The van der Waals surface area contributed by atoms with Crippen LogP contribution >= 0.6 is 0 Å². The molecule has 0 aromatic heterocycles. The second-order valence-electron chi connectivity index (χ2n) is 15.3. The fourth-order valence-electron chi connectivity index (χ4n) is 9.21. The highest BCUT2D eigenvalue weighted by Crippen LogP contribution is 2.62. The number of hydrogen-bond donors (Lipinski definition) is 2. The summed E-state index contributed by atoms with van der Waals surface area (Å²) < 4.78 is 31.5. The number of hydrogen-bond acceptors (Lipinski definition) is 11. The van der Waals surface area contributed by atoms with Crippen LogP contribution in [0.3, 0.4) is 0 Å². The lowest BCUT2D eigenvalue weighted by Gasteiger charge is -2.59. The molecule has 2 N–H and O–H groups in total. The third-order valence-corrected chi connectivity index (χ3v) is 11.7. The van der Waals surface area contributed by atoms with Crippen LogP contribution < -0.4 is 14.2 Å². The third kappa shape index (κ3) is 9.51. The van der Waals surface area contributed by atoms with Crippen molar-refractivity contribution in [2.45, 2.75) is 82.6 Å². The van der Waals surface area contributed by atoms with Crippen LogP contribution in [0.15, 0.2) is 96.2 Å². The van der Waals surface area contributed by atoms with Crippen LogP contribution in [0.5, 0.6) is 23.0 Å². The monoisotopic (exact) mass is 810 g/mol. The van der Waals surface area contributed by atoms with Gasteiger partial charge in [0.1, 0.15) is 35.6 Å². The van der Waals surface area contributed by atoms with Gasteiger partial charge in [0.15, 0.2) is 6.29 Å². The first-order valence-electron chi connectivity index (χ1n) is 20.8. The van der Waals surface area contributed by atoms with Crippen LogP contribution in [0.25, 0.3) is 0 Å². The number of nitrogens with zero attached hydrogens (tertiary/aromatic N) is 2. The average Bonchev–Trinajstić information content (AvgIpc) is 3.26. The van der Waals surface area contributed by atoms with E-state index in [2.05, 4.69) is 12.7 Å². The van der Waals surface area contributed by atoms with Gasteiger partial charge in [-0.1, -0.05) is 67.4 Å². The van der Waals surface area contributed by atoms with E-state index < -0.39 is 23.8 Å². The molecule has 12 nitrogen and oxygen atoms in total. The second-order valence-corrected chi connectivity index (χ2v) is 15.3. The zero-order valence-electron chi connectivity index (χ0n) is 34.4. The fourth-order valence-corrected chi connectivity index (χ4v) is 9.21. The van der Waals surface area contributed by atoms with Gasteiger partial charge >= 0.3 is 6.09 Å². The summed E-state index contributed by atoms with van der Waals surface area (Å²) in [5.41, 5.74) is 3.87. The molecule has 12 heteroatoms. The fraction of sp³-hybridized carbons (Fsp3) is 0.468. The molecule has 3 aromatic rings. The first kappa shape index (κ1) is 43.4. The number of oxime groups is 1. The van der Waals surface area contributed by atoms with E-state index in [0.29, 0.717) is 60.1 Å². The molecule has 1 aliphatic heterocycles. The van der Waals surface area contributed by atoms with Crippen molar-refractivity contribution >= 4 is 18.1 Å². The van der Waals surface area contributed by atoms with E-state index in [9.17, 15) is 19.8 Å². The van der Waals surface area contributed by atoms with Crippen LogP contribution in [0, 0.1) is 17.8 Å². The molecular weight excluding hydrogens is 753 g/mol. The molecule has 6 atom stereocenters. The molecule has 1 saturated carbocycles. The topological polar surface area (TPSA) is 146 Å². The Morgan fingerprint density at radius 2 is 1.75 bits per heavy atom. The number of amides is 1. The predicted octanol–water partition coefficient (Wildman–Crippen LogP) is 8.61. The van der Waals surface area contributed by atoms with Gasteiger partial charge in [0.2, 0.25) is 5.79 Å². The quantitative estimate of drug-likeness (QED) is 0.0464. The van der Waals surface area contributed by atoms with E-state index in [1.54, 1.807) is 29.2 Å². The number of carbonyl (C=O) groups excluding carboxylic acids is 2. The van der Waals surface area contributed by atoms with Gasteiger partial charge in [-0.25, -0.2) is 4.79 Å². The summed E-state index contributed by atoms with van der Waals surface area (Å²) in [6.07, 6.45) is 9.66. The maximum Gasteiger partial charge on any atom is 0.409 e. The number of benzene rings is 3. The summed E-state index contributed by atoms with van der Waals surface area (Å²) >= 11 is 0. The van der Waals surface area contributed by atoms with Gasteiger partial charge in [-0.15, -0.1) is 6.58 Å². The van der Waals surface area contributed by atoms with Crippen LogP contribution in [0.1, 0.15) is 85.7 Å². The Morgan fingerprint density at radius 1 is 1.00 bits per heavy atom. The van der Waals surface area contributed by atoms with E-state index in [4.69, 9.17) is 33.7 Å². The molecule has 0 spiro atoms. The van der Waals surface area contributed by atoms with Gasteiger partial charge in [0, 0.05) is 37.7 Å². The molecule has 59 heavy (non-hydrogen) atoms. The lowest BCUT2D eigenvalue weighted by Crippen LogP contribution is -2.70. The van der Waals surface area contributed by atoms with Crippen molar-refractivity contribution in [1.29, 1.82) is 0 Å². The average molecular weight is 811 g/mol. The van der Waals surface area contributed by atoms with Crippen molar-refractivity contribution in [2.75, 3.05) is 40.6 Å². The van der Waals surface area contributed by atoms with Crippen LogP contribution in [-0.2, 0) is 20.9 Å². The van der Waals surface area contributed by atoms with Crippen LogP contribution in [-0.4, -0.2) is 85.6 Å². The number of fused-ring (bicyclic) bond motifs is 2. The predicted molar refractivity (Wildman–Crippen MR) is 224 cm³/mol. The van der Waals surface area contributed by atoms with Crippen molar-refractivity contribution in [1.82, 2.24) is 4.90 Å². The van der Waals surface area contributed by atoms with Crippen LogP contribution in [0.2, 0.25) is 0 Å². The largest absolute Gasteiger partial charge is 0.496 e. The maximum absolute atomic E-state index is 13.8. The maximum atomic E-state index is 13.8. The summed E-state index contributed by atoms with van der Waals surface area (Å²) in [7, 11) is 2.89. The smallest absolute Gasteiger partial charge is 0.409 e. The number of allylic oxidation sites excluding steroid dienone is 1. The SMILES string of the molecule is C=CCOC12Oc3ccc(Oc4ccc(OC)c(C=O)c4)cc3C3C(CCCCO)C(CCCCO)C=C(C(=NOCc4ccccc4)CC1N(CCC)C(=O)OC)C32. The molecule has 6 rings (SSSR count). The third-order valence-electron chi connectivity index (χ3n) is 11.7. The zero-order valence-corrected chi connectivity index (χ0v) is 34.4. The minimum Gasteiger partial charge on any atom is -0.496 e. The molecule has 1 fully saturated rings. The first-order valence-corrected chi connectivity index (χ1v) is 20.8. The molecule has 0 bridgehead atoms. The highest BCUT2D eigenvalue weighted by atomic mass is 16.7. The van der Waals surface area contributed by atoms with Crippen molar-refractivity contribution in [3.05, 3.63) is 108 Å². The highest BCUT2D eigenvalue weighted by molar-refractivity contribution is 6.03. The Hall–Kier alpha value is -5.17. The molecule has 1 amide bonds. The van der Waals surface area contributed by atoms with Crippen molar-refractivity contribution in [3.8, 4) is 23.0 Å². The molecule has 0 saturated heterocycles. The number of rotatable bonds is 21. The molecule has 1 heterocycles. The van der Waals surface area contributed by atoms with Gasteiger partial charge < -0.3 is 38.7 Å². The number of unbranched alkanes of at least 4 members (excludes halogenated alkanes) is 2. The summed E-state index contributed by atoms with van der Waals surface area (Å²) in [4.78, 5) is 33.6. The number of aldehydes is 1. The normalized spacial score (nSPS) is 23.5. The Labute approximate surface area is 347 Å². The molecule has 316 valence electrons. The lowest BCUT2D eigenvalue weighted by molar-refractivity contribution is -0.255. The Morgan fingerprint density at radius 3 is 2.44 bits per heavy atom. The van der Waals surface area contributed by atoms with E-state index in [1.807, 2.05) is 55.5 Å². The van der Waals surface area contributed by atoms with E-state index in [0.717, 1.165) is 48.7 Å². The molecule has 3 aromatic carbocycles. The van der Waals surface area contributed by atoms with Gasteiger partial charge in [0.25, 0.3) is 0 Å². The van der Waals surface area contributed by atoms with Gasteiger partial charge in [-0.3, -0.25) is 9.69 Å². The Bertz CT molecular complexity index is 1950. The van der Waals surface area contributed by atoms with E-state index in [1.165, 1.54) is 14.2 Å². The van der Waals surface area contributed by atoms with E-state index in [-0.39, 0.29) is 50.6 Å². The summed E-state index contributed by atoms with van der Waals surface area (Å²) in [5.74, 6) is 0.0246. The number of methoxy groups -OCH3 is 2. The Balaban J connectivity index is 1.57. The van der Waals surface area contributed by atoms with Crippen molar-refractivity contribution < 1.29 is 48.3 Å². The summed E-state index contributed by atoms with van der Waals surface area (Å²) in [6.45, 7) is 6.96. The summed E-state index contributed by atoms with van der Waals surface area (Å²) in [6, 6.07) is 20.0. The minimum atomic E-state index is -1.40. The van der Waals surface area contributed by atoms with Crippen LogP contribution in [0.4, 0.5) is 4.79 Å². The van der Waals surface area contributed by atoms with Gasteiger partial charge in [-0.05, 0) is 91.5 Å². The second kappa shape index (κ2) is 20.7. The molecule has 3 aliphatic rings.